The number of hydrogen-bond donors (Lipinski definition) is 0. The number of carbonyl (C=O) groups is 1. The van der Waals surface area contributed by atoms with E-state index in [1.54, 1.807) is 0 Å². The van der Waals surface area contributed by atoms with Crippen molar-refractivity contribution in [1.82, 2.24) is 0 Å². The van der Waals surface area contributed by atoms with Gasteiger partial charge in [-0.05, 0) is 0 Å². The van der Waals surface area contributed by atoms with Crippen molar-refractivity contribution >= 4 is 5.97 Å². The molecule has 0 amide bonds. The predicted octanol–water partition coefficient (Wildman–Crippen LogP) is 1.52. The summed E-state index contributed by atoms with van der Waals surface area (Å²) in [6.45, 7) is 4.55. The van der Waals surface area contributed by atoms with Crippen molar-refractivity contribution < 1.29 is 9.53 Å². The van der Waals surface area contributed by atoms with E-state index in [-0.39, 0.29) is 5.97 Å². The minimum atomic E-state index is -0.216. The summed E-state index contributed by atoms with van der Waals surface area (Å²) in [5.41, 5.74) is 0. The van der Waals surface area contributed by atoms with Crippen molar-refractivity contribution in [2.24, 2.45) is 0 Å². The molecule has 0 aromatic rings. The molecule has 0 bridgehead atoms. The van der Waals surface area contributed by atoms with Gasteiger partial charge in [-0.15, -0.1) is 0 Å². The van der Waals surface area contributed by atoms with Gasteiger partial charge in [0.15, 0.2) is 0 Å². The van der Waals surface area contributed by atoms with Crippen molar-refractivity contribution in [2.45, 2.75) is 20.3 Å². The Kier molecular flexibility index (Phi) is 4.88. The molecule has 2 heteroatoms. The van der Waals surface area contributed by atoms with Gasteiger partial charge >= 0.3 is 5.97 Å². The number of rotatable bonds is 0. The van der Waals surface area contributed by atoms with Gasteiger partial charge in [-0.3, -0.25) is 0 Å². The second-order valence-electron chi connectivity index (χ2n) is 1.36. The van der Waals surface area contributed by atoms with Gasteiger partial charge in [0.05, 0.1) is 6.61 Å². The lowest BCUT2D eigenvalue weighted by atomic mass is 10.3. The van der Waals surface area contributed by atoms with Gasteiger partial charge in [0.2, 0.25) is 0 Å². The van der Waals surface area contributed by atoms with Crippen molar-refractivity contribution in [1.29, 1.82) is 0 Å². The molecule has 0 aliphatic carbocycles. The van der Waals surface area contributed by atoms with Gasteiger partial charge in [-0.2, -0.15) is 0 Å². The molecule has 0 radical (unpaired) electrons. The average Bonchev–Trinajstić information content (AvgIpc) is 1.94. The van der Waals surface area contributed by atoms with Crippen LogP contribution in [0.5, 0.6) is 0 Å². The molecule has 0 fully saturated rings. The lowest BCUT2D eigenvalue weighted by molar-refractivity contribution is -0.138. The molecule has 1 heterocycles. The van der Waals surface area contributed by atoms with Crippen LogP contribution in [0.25, 0.3) is 0 Å². The van der Waals surface area contributed by atoms with E-state index >= 15 is 0 Å². The summed E-state index contributed by atoms with van der Waals surface area (Å²) in [4.78, 5) is 10.2. The molecule has 1 rings (SSSR count). The van der Waals surface area contributed by atoms with Crippen LogP contribution in [0, 0.1) is 0 Å². The second kappa shape index (κ2) is 5.35. The van der Waals surface area contributed by atoms with E-state index in [9.17, 15) is 4.79 Å². The molecule has 0 spiro atoms. The number of ether oxygens (including phenoxy) is 1. The highest BCUT2D eigenvalue weighted by Gasteiger charge is 1.98. The van der Waals surface area contributed by atoms with Crippen LogP contribution in [0.4, 0.5) is 0 Å². The lowest BCUT2D eigenvalue weighted by Gasteiger charge is -2.01. The minimum absolute atomic E-state index is 0.216. The molecule has 0 aromatic heterocycles. The van der Waals surface area contributed by atoms with Crippen LogP contribution in [-0.4, -0.2) is 12.6 Å². The van der Waals surface area contributed by atoms with E-state index in [1.807, 2.05) is 19.9 Å². The maximum Gasteiger partial charge on any atom is 0.330 e. The first kappa shape index (κ1) is 8.21. The van der Waals surface area contributed by atoms with Gasteiger partial charge in [-0.1, -0.05) is 19.9 Å². The maximum absolute atomic E-state index is 10.2. The lowest BCUT2D eigenvalue weighted by Crippen LogP contribution is -2.05. The molecule has 0 N–H and O–H groups in total. The Hall–Kier alpha value is -0.790. The molecule has 0 aromatic carbocycles. The van der Waals surface area contributed by atoms with Crippen LogP contribution in [0.15, 0.2) is 12.2 Å². The summed E-state index contributed by atoms with van der Waals surface area (Å²) >= 11 is 0. The molecule has 0 atom stereocenters. The second-order valence-corrected chi connectivity index (χ2v) is 1.36. The van der Waals surface area contributed by atoms with E-state index in [4.69, 9.17) is 0 Å². The zero-order chi connectivity index (χ0) is 7.11. The Bertz CT molecular complexity index is 105. The van der Waals surface area contributed by atoms with Crippen LogP contribution in [-0.2, 0) is 9.53 Å². The Morgan fingerprint density at radius 1 is 1.56 bits per heavy atom. The fraction of sp³-hybridized carbons (Fsp3) is 0.571. The first-order valence-electron chi connectivity index (χ1n) is 3.23. The van der Waals surface area contributed by atoms with Crippen LogP contribution < -0.4 is 0 Å². The largest absolute Gasteiger partial charge is 0.462 e. The average molecular weight is 128 g/mol. The van der Waals surface area contributed by atoms with Crippen molar-refractivity contribution in [2.75, 3.05) is 6.61 Å². The van der Waals surface area contributed by atoms with Crippen LogP contribution in [0.1, 0.15) is 20.3 Å². The van der Waals surface area contributed by atoms with Crippen molar-refractivity contribution in [3.63, 3.8) is 0 Å². The molecule has 0 unspecified atom stereocenters. The molecule has 0 saturated heterocycles. The monoisotopic (exact) mass is 128 g/mol. The summed E-state index contributed by atoms with van der Waals surface area (Å²) in [6, 6.07) is 0. The van der Waals surface area contributed by atoms with Gasteiger partial charge in [0, 0.05) is 12.5 Å². The van der Waals surface area contributed by atoms with E-state index in [0.29, 0.717) is 6.61 Å². The Morgan fingerprint density at radius 3 is 2.44 bits per heavy atom. The summed E-state index contributed by atoms with van der Waals surface area (Å²) in [6.07, 6.45) is 4.13. The van der Waals surface area contributed by atoms with E-state index in [1.165, 1.54) is 6.08 Å². The minimum Gasteiger partial charge on any atom is -0.462 e. The number of carbonyl (C=O) groups excluding carboxylic acids is 1. The van der Waals surface area contributed by atoms with E-state index < -0.39 is 0 Å². The first-order chi connectivity index (χ1) is 4.39. The van der Waals surface area contributed by atoms with E-state index in [0.717, 1.165) is 6.42 Å². The quantitative estimate of drug-likeness (QED) is 0.462. The highest BCUT2D eigenvalue weighted by Crippen LogP contribution is 1.93. The Labute approximate surface area is 55.5 Å². The fourth-order valence-electron chi connectivity index (χ4n) is 0.455. The zero-order valence-electron chi connectivity index (χ0n) is 5.89. The molecule has 2 nitrogen and oxygen atoms in total. The highest BCUT2D eigenvalue weighted by molar-refractivity contribution is 5.82. The summed E-state index contributed by atoms with van der Waals surface area (Å²) in [7, 11) is 0. The third-order valence-electron chi connectivity index (χ3n) is 0.783. The Balaban J connectivity index is 0.000000291. The highest BCUT2D eigenvalue weighted by atomic mass is 16.5. The molecule has 1 aliphatic rings. The molecular weight excluding hydrogens is 116 g/mol. The molecule has 9 heavy (non-hydrogen) atoms. The zero-order valence-corrected chi connectivity index (χ0v) is 5.89. The van der Waals surface area contributed by atoms with Gasteiger partial charge in [0.25, 0.3) is 0 Å². The van der Waals surface area contributed by atoms with Gasteiger partial charge < -0.3 is 4.74 Å². The maximum atomic E-state index is 10.2. The summed E-state index contributed by atoms with van der Waals surface area (Å²) in [5.74, 6) is -0.216. The van der Waals surface area contributed by atoms with Crippen molar-refractivity contribution in [3.05, 3.63) is 12.2 Å². The smallest absolute Gasteiger partial charge is 0.330 e. The third kappa shape index (κ3) is 3.76. The van der Waals surface area contributed by atoms with Crippen LogP contribution in [0.2, 0.25) is 0 Å². The number of cyclic esters (lactones) is 1. The predicted molar refractivity (Wildman–Crippen MR) is 36.1 cm³/mol. The van der Waals surface area contributed by atoms with Gasteiger partial charge in [-0.25, -0.2) is 4.79 Å². The summed E-state index contributed by atoms with van der Waals surface area (Å²) < 4.78 is 4.55. The van der Waals surface area contributed by atoms with Crippen LogP contribution in [0.3, 0.4) is 0 Å². The van der Waals surface area contributed by atoms with Gasteiger partial charge in [0.1, 0.15) is 0 Å². The standard InChI is InChI=1S/C5H6O2.C2H6/c6-5-3-1-2-4-7-5;1-2/h1,3H,2,4H2;1-2H3. The number of hydrogen-bond acceptors (Lipinski definition) is 2. The molecule has 0 saturated carbocycles. The fourth-order valence-corrected chi connectivity index (χ4v) is 0.455. The van der Waals surface area contributed by atoms with Crippen molar-refractivity contribution in [3.8, 4) is 0 Å². The molecule has 1 aliphatic heterocycles. The Morgan fingerprint density at radius 2 is 2.22 bits per heavy atom. The summed E-state index contributed by atoms with van der Waals surface area (Å²) in [5, 5.41) is 0. The third-order valence-corrected chi connectivity index (χ3v) is 0.783. The number of esters is 1. The normalized spacial score (nSPS) is 15.6. The molecule has 52 valence electrons. The van der Waals surface area contributed by atoms with Crippen LogP contribution >= 0.6 is 0 Å². The first-order valence-corrected chi connectivity index (χ1v) is 3.23. The van der Waals surface area contributed by atoms with E-state index in [2.05, 4.69) is 4.74 Å². The topological polar surface area (TPSA) is 26.3 Å². The SMILES string of the molecule is CC.O=C1C=CCCO1. The molecular formula is C7H12O2.